The number of quaternary nitrogens is 1. The van der Waals surface area contributed by atoms with Gasteiger partial charge in [-0.25, -0.2) is 9.37 Å². The van der Waals surface area contributed by atoms with Crippen LogP contribution in [-0.2, 0) is 27.5 Å². The van der Waals surface area contributed by atoms with Gasteiger partial charge in [0, 0.05) is 36.1 Å². The number of ether oxygens (including phenoxy) is 1. The number of halogens is 1. The van der Waals surface area contributed by atoms with Gasteiger partial charge in [0.05, 0.1) is 31.0 Å². The first-order valence-corrected chi connectivity index (χ1v) is 15.5. The van der Waals surface area contributed by atoms with Gasteiger partial charge in [0.2, 0.25) is 5.75 Å². The van der Waals surface area contributed by atoms with Gasteiger partial charge in [0.15, 0.2) is 17.1 Å². The monoisotopic (exact) mass is 720 g/mol. The number of alkyl halides is 1. The maximum Gasteiger partial charge on any atom is 2.00 e. The van der Waals surface area contributed by atoms with Gasteiger partial charge < -0.3 is 13.9 Å². The van der Waals surface area contributed by atoms with Crippen molar-refractivity contribution in [3.05, 3.63) is 139 Å². The summed E-state index contributed by atoms with van der Waals surface area (Å²) in [6.45, 7) is 0. The van der Waals surface area contributed by atoms with Crippen LogP contribution in [0.4, 0.5) is 15.8 Å². The Balaban J connectivity index is 0.00000336. The predicted octanol–water partition coefficient (Wildman–Crippen LogP) is 9.39. The molecule has 0 bridgehead atoms. The Kier molecular flexibility index (Phi) is 7.08. The molecule has 236 valence electrons. The van der Waals surface area contributed by atoms with Gasteiger partial charge in [-0.1, -0.05) is 35.5 Å². The third kappa shape index (κ3) is 4.45. The average Bonchev–Trinajstić information content (AvgIpc) is 3.63. The normalized spacial score (nSPS) is 13.9. The molecule has 0 aliphatic carbocycles. The summed E-state index contributed by atoms with van der Waals surface area (Å²) >= 11 is 0. The number of imidazole rings is 1. The molecule has 48 heavy (non-hydrogen) atoms. The number of hydrogen-bond donors (Lipinski definition) is 0. The Morgan fingerprint density at radius 2 is 1.54 bits per heavy atom. The Morgan fingerprint density at radius 3 is 2.40 bits per heavy atom. The van der Waals surface area contributed by atoms with Gasteiger partial charge in [-0.05, 0) is 36.4 Å². The molecule has 0 spiro atoms. The molecule has 4 heterocycles. The van der Waals surface area contributed by atoms with E-state index in [1.54, 1.807) is 18.3 Å². The van der Waals surface area contributed by atoms with Crippen molar-refractivity contribution >= 4 is 44.3 Å². The van der Waals surface area contributed by atoms with Crippen LogP contribution in [0.1, 0.15) is 17.3 Å². The Morgan fingerprint density at radius 1 is 0.771 bits per heavy atom. The summed E-state index contributed by atoms with van der Waals surface area (Å²) in [6, 6.07) is 42.2. The summed E-state index contributed by atoms with van der Waals surface area (Å²) in [5.74, 6) is 2.30. The molecule has 1 atom stereocenters. The molecule has 1 aliphatic rings. The van der Waals surface area contributed by atoms with Gasteiger partial charge in [-0.3, -0.25) is 9.47 Å². The minimum absolute atomic E-state index is 0. The van der Waals surface area contributed by atoms with E-state index in [4.69, 9.17) is 14.7 Å². The van der Waals surface area contributed by atoms with Crippen LogP contribution in [0.2, 0.25) is 0 Å². The largest absolute Gasteiger partial charge is 2.00 e. The van der Waals surface area contributed by atoms with Crippen LogP contribution in [0.3, 0.4) is 0 Å². The molecule has 3 aromatic heterocycles. The molecule has 0 amide bonds. The van der Waals surface area contributed by atoms with Gasteiger partial charge >= 0.3 is 20.4 Å². The fourth-order valence-electron chi connectivity index (χ4n) is 6.98. The topological polar surface area (TPSA) is 44.9 Å². The zero-order chi connectivity index (χ0) is 31.9. The van der Waals surface area contributed by atoms with Crippen LogP contribution in [0.15, 0.2) is 115 Å². The number of para-hydroxylation sites is 4. The van der Waals surface area contributed by atoms with E-state index < -0.39 is 6.17 Å². The molecule has 5 aromatic carbocycles. The van der Waals surface area contributed by atoms with Crippen molar-refractivity contribution in [1.29, 1.82) is 0 Å². The Hall–Kier alpha value is -5.13. The van der Waals surface area contributed by atoms with E-state index in [9.17, 15) is 0 Å². The number of aryl methyl sites for hydroxylation is 1. The third-order valence-corrected chi connectivity index (χ3v) is 9.34. The molecule has 0 N–H and O–H groups in total. The van der Waals surface area contributed by atoms with E-state index in [0.717, 1.165) is 67.2 Å². The fraction of sp³-hybridized carbons (Fsp3) is 0.100. The number of benzene rings is 5. The molecular formula is C40H29FN5OPd+. The first-order valence-electron chi connectivity index (χ1n) is 15.5. The Bertz CT molecular complexity index is 2530. The van der Waals surface area contributed by atoms with Gasteiger partial charge in [-0.2, -0.15) is 18.2 Å². The van der Waals surface area contributed by atoms with E-state index in [1.165, 1.54) is 0 Å². The van der Waals surface area contributed by atoms with Crippen molar-refractivity contribution in [2.75, 3.05) is 14.1 Å². The molecule has 0 fully saturated rings. The number of hydrogen-bond acceptors (Lipinski definition) is 3. The zero-order valence-corrected chi connectivity index (χ0v) is 27.9. The van der Waals surface area contributed by atoms with Crippen LogP contribution in [0.25, 0.3) is 50.0 Å². The molecule has 6 nitrogen and oxygen atoms in total. The SMILES string of the molecule is Cn1c(-c2[c-]c(C(F)c3[c-]c(-n4c5ncccc5c5ccc6c(c54)Oc4ccccc4[N+]6(C)C)ccc3)ccc2)nc2ccccc21.[Pd+2]. The van der Waals surface area contributed by atoms with Gasteiger partial charge in [0.1, 0.15) is 17.3 Å². The number of rotatable bonds is 4. The van der Waals surface area contributed by atoms with Crippen molar-refractivity contribution in [3.8, 4) is 28.6 Å². The molecule has 8 aromatic rings. The first kappa shape index (κ1) is 30.2. The minimum atomic E-state index is -1.46. The molecule has 0 radical (unpaired) electrons. The van der Waals surface area contributed by atoms with E-state index in [2.05, 4.69) is 50.5 Å². The summed E-state index contributed by atoms with van der Waals surface area (Å²) in [6.07, 6.45) is 0.321. The Labute approximate surface area is 290 Å². The van der Waals surface area contributed by atoms with Crippen LogP contribution in [0.5, 0.6) is 11.5 Å². The third-order valence-electron chi connectivity index (χ3n) is 9.34. The summed E-state index contributed by atoms with van der Waals surface area (Å²) in [4.78, 5) is 9.60. The molecule has 0 saturated carbocycles. The number of nitrogens with zero attached hydrogens (tertiary/aromatic N) is 5. The second-order valence-electron chi connectivity index (χ2n) is 12.4. The van der Waals surface area contributed by atoms with Crippen LogP contribution >= 0.6 is 0 Å². The summed E-state index contributed by atoms with van der Waals surface area (Å²) in [5, 5.41) is 1.99. The number of pyridine rings is 1. The zero-order valence-electron chi connectivity index (χ0n) is 26.4. The van der Waals surface area contributed by atoms with Crippen molar-refractivity contribution in [2.24, 2.45) is 7.05 Å². The maximum absolute atomic E-state index is 16.5. The number of aromatic nitrogens is 4. The molecular weight excluding hydrogens is 692 g/mol. The van der Waals surface area contributed by atoms with E-state index in [0.29, 0.717) is 21.3 Å². The smallest absolute Gasteiger partial charge is 0.443 e. The van der Waals surface area contributed by atoms with Crippen molar-refractivity contribution in [2.45, 2.75) is 6.17 Å². The summed E-state index contributed by atoms with van der Waals surface area (Å²) < 4.78 is 27.8. The maximum atomic E-state index is 16.5. The molecule has 0 saturated heterocycles. The molecule has 1 aliphatic heterocycles. The van der Waals surface area contributed by atoms with E-state index >= 15 is 4.39 Å². The second kappa shape index (κ2) is 11.2. The predicted molar refractivity (Wildman–Crippen MR) is 185 cm³/mol. The van der Waals surface area contributed by atoms with Crippen LogP contribution < -0.4 is 9.22 Å². The quantitative estimate of drug-likeness (QED) is 0.103. The number of fused-ring (bicyclic) bond motifs is 7. The van der Waals surface area contributed by atoms with Crippen molar-refractivity contribution in [1.82, 2.24) is 23.6 Å². The molecule has 9 rings (SSSR count). The standard InChI is InChI=1S/C40H29FN5O.Pd/c1-44-32-17-5-4-16-31(32)43-39(44)27-13-8-11-25(23-27)36(41)26-12-9-14-28(24-26)45-37-29(30-15-10-22-42-40(30)45)20-21-34-38(37)47-35-19-7-6-18-33(35)46(34,2)3;/h4-22,36H,1-3H3;/q-1;+2. The summed E-state index contributed by atoms with van der Waals surface area (Å²) in [5.41, 5.74) is 7.85. The minimum Gasteiger partial charge on any atom is -0.443 e. The first-order chi connectivity index (χ1) is 22.9. The van der Waals surface area contributed by atoms with E-state index in [1.807, 2.05) is 89.0 Å². The fourth-order valence-corrected chi connectivity index (χ4v) is 6.98. The van der Waals surface area contributed by atoms with E-state index in [-0.39, 0.29) is 20.4 Å². The second-order valence-corrected chi connectivity index (χ2v) is 12.4. The molecule has 8 heteroatoms. The van der Waals surface area contributed by atoms with Gasteiger partial charge in [-0.15, -0.1) is 41.5 Å². The van der Waals surface area contributed by atoms with Gasteiger partial charge in [0.25, 0.3) is 0 Å². The average molecular weight is 721 g/mol. The van der Waals surface area contributed by atoms with Crippen molar-refractivity contribution < 1.29 is 29.6 Å². The van der Waals surface area contributed by atoms with Crippen LogP contribution in [0, 0.1) is 12.1 Å². The van der Waals surface area contributed by atoms with Crippen LogP contribution in [-0.4, -0.2) is 33.2 Å². The summed E-state index contributed by atoms with van der Waals surface area (Å²) in [7, 11) is 6.29. The van der Waals surface area contributed by atoms with Crippen molar-refractivity contribution in [3.63, 3.8) is 0 Å². The molecule has 1 unspecified atom stereocenters.